The van der Waals surface area contributed by atoms with E-state index in [1.165, 1.54) is 13.8 Å². The Morgan fingerprint density at radius 2 is 1.53 bits per heavy atom. The highest BCUT2D eigenvalue weighted by molar-refractivity contribution is 6.39. The quantitative estimate of drug-likeness (QED) is 0.406. The van der Waals surface area contributed by atoms with Gasteiger partial charge in [0.05, 0.1) is 21.7 Å². The largest absolute Gasteiger partial charge is 0.377 e. The minimum Gasteiger partial charge on any atom is -0.377 e. The van der Waals surface area contributed by atoms with Gasteiger partial charge in [0, 0.05) is 25.3 Å². The maximum absolute atomic E-state index is 12.4. The van der Waals surface area contributed by atoms with E-state index in [2.05, 4.69) is 10.6 Å². The first-order valence-electron chi connectivity index (χ1n) is 10.1. The molecule has 7 nitrogen and oxygen atoms in total. The van der Waals surface area contributed by atoms with Gasteiger partial charge in [-0.25, -0.2) is 0 Å². The number of halogens is 2. The van der Waals surface area contributed by atoms with Crippen LogP contribution in [0.1, 0.15) is 47.9 Å². The molecule has 4 N–H and O–H groups in total. The minimum atomic E-state index is -1.50. The fraction of sp³-hybridized carbons (Fsp3) is 0.391. The highest BCUT2D eigenvalue weighted by Crippen LogP contribution is 2.23. The zero-order valence-electron chi connectivity index (χ0n) is 18.4. The highest BCUT2D eigenvalue weighted by Gasteiger charge is 2.17. The van der Waals surface area contributed by atoms with Crippen molar-refractivity contribution >= 4 is 35.0 Å². The number of hydrogen-bond donors (Lipinski definition) is 4. The van der Waals surface area contributed by atoms with Crippen LogP contribution in [0.3, 0.4) is 0 Å². The van der Waals surface area contributed by atoms with Gasteiger partial charge in [-0.2, -0.15) is 0 Å². The van der Waals surface area contributed by atoms with Gasteiger partial charge in [0.1, 0.15) is 0 Å². The van der Waals surface area contributed by atoms with Crippen molar-refractivity contribution in [2.75, 3.05) is 19.7 Å². The number of ether oxygens (including phenoxy) is 1. The van der Waals surface area contributed by atoms with E-state index < -0.39 is 5.79 Å². The Labute approximate surface area is 198 Å². The van der Waals surface area contributed by atoms with Crippen molar-refractivity contribution in [3.8, 4) is 0 Å². The van der Waals surface area contributed by atoms with E-state index >= 15 is 0 Å². The molecule has 0 aromatic heterocycles. The summed E-state index contributed by atoms with van der Waals surface area (Å²) in [6.45, 7) is 5.69. The summed E-state index contributed by atoms with van der Waals surface area (Å²) in [6, 6.07) is 13.9. The molecule has 0 heterocycles. The molecule has 0 aliphatic rings. The first-order valence-corrected chi connectivity index (χ1v) is 10.9. The van der Waals surface area contributed by atoms with Crippen molar-refractivity contribution in [2.24, 2.45) is 0 Å². The van der Waals surface area contributed by atoms with Crippen molar-refractivity contribution in [1.82, 2.24) is 10.6 Å². The van der Waals surface area contributed by atoms with Crippen LogP contribution in [-0.2, 0) is 4.74 Å². The van der Waals surface area contributed by atoms with Crippen molar-refractivity contribution in [3.63, 3.8) is 0 Å². The van der Waals surface area contributed by atoms with Crippen molar-refractivity contribution in [2.45, 2.75) is 39.1 Å². The van der Waals surface area contributed by atoms with Crippen LogP contribution < -0.4 is 10.6 Å². The third-order valence-corrected chi connectivity index (χ3v) is 4.50. The van der Waals surface area contributed by atoms with Crippen molar-refractivity contribution in [1.29, 1.82) is 0 Å². The van der Waals surface area contributed by atoms with Gasteiger partial charge in [0.15, 0.2) is 5.79 Å². The topological polar surface area (TPSA) is 108 Å². The van der Waals surface area contributed by atoms with E-state index in [9.17, 15) is 9.59 Å². The molecule has 2 aromatic rings. The molecule has 0 saturated heterocycles. The lowest BCUT2D eigenvalue weighted by Gasteiger charge is -2.18. The van der Waals surface area contributed by atoms with Gasteiger partial charge < -0.3 is 25.6 Å². The Bertz CT molecular complexity index is 831. The SMILES string of the molecule is CC(C)(O)O.CCOC(CCNC(=O)c1ccccc1)CNC(=O)c1c(Cl)cccc1Cl. The molecule has 0 spiro atoms. The van der Waals surface area contributed by atoms with Crippen LogP contribution in [0, 0.1) is 0 Å². The monoisotopic (exact) mass is 484 g/mol. The third kappa shape index (κ3) is 11.5. The average molecular weight is 485 g/mol. The van der Waals surface area contributed by atoms with E-state index in [0.717, 1.165) is 0 Å². The summed E-state index contributed by atoms with van der Waals surface area (Å²) in [5.74, 6) is -2.00. The predicted octanol–water partition coefficient (Wildman–Crippen LogP) is 3.66. The molecule has 0 saturated carbocycles. The van der Waals surface area contributed by atoms with Crippen LogP contribution in [0.15, 0.2) is 48.5 Å². The molecule has 0 fully saturated rings. The van der Waals surface area contributed by atoms with Crippen LogP contribution in [0.25, 0.3) is 0 Å². The first-order chi connectivity index (χ1) is 15.0. The standard InChI is InChI=1S/C20H22Cl2N2O3.C3H8O2/c1-2-27-15(11-12-23-19(25)14-7-4-3-5-8-14)13-24-20(26)18-16(21)9-6-10-17(18)22;1-3(2,4)5/h3-10,15H,2,11-13H2,1H3,(H,23,25)(H,24,26);4-5H,1-2H3. The number of carbonyl (C=O) groups excluding carboxylic acids is 2. The lowest BCUT2D eigenvalue weighted by molar-refractivity contribution is -0.127. The van der Waals surface area contributed by atoms with Gasteiger partial charge in [-0.05, 0) is 51.5 Å². The Kier molecular flexibility index (Phi) is 12.3. The maximum Gasteiger partial charge on any atom is 0.254 e. The molecule has 0 aliphatic heterocycles. The van der Waals surface area contributed by atoms with Gasteiger partial charge in [-0.1, -0.05) is 47.5 Å². The molecule has 0 aliphatic carbocycles. The number of carbonyl (C=O) groups is 2. The summed E-state index contributed by atoms with van der Waals surface area (Å²) in [7, 11) is 0. The van der Waals surface area contributed by atoms with Crippen LogP contribution in [-0.4, -0.2) is 53.6 Å². The van der Waals surface area contributed by atoms with Crippen molar-refractivity contribution in [3.05, 3.63) is 69.7 Å². The second-order valence-corrected chi connectivity index (χ2v) is 8.10. The molecule has 2 amide bonds. The zero-order chi connectivity index (χ0) is 24.1. The number of rotatable bonds is 9. The molecule has 2 aromatic carbocycles. The Balaban J connectivity index is 0.000000920. The average Bonchev–Trinajstić information content (AvgIpc) is 2.71. The predicted molar refractivity (Wildman–Crippen MR) is 126 cm³/mol. The molecule has 0 radical (unpaired) electrons. The molecule has 1 unspecified atom stereocenters. The van der Waals surface area contributed by atoms with Gasteiger partial charge >= 0.3 is 0 Å². The van der Waals surface area contributed by atoms with Gasteiger partial charge in [-0.3, -0.25) is 9.59 Å². The smallest absolute Gasteiger partial charge is 0.254 e. The summed E-state index contributed by atoms with van der Waals surface area (Å²) in [5, 5.41) is 22.4. The first kappa shape index (κ1) is 27.9. The fourth-order valence-corrected chi connectivity index (χ4v) is 3.10. The number of nitrogens with one attached hydrogen (secondary N) is 2. The number of aliphatic hydroxyl groups is 2. The van der Waals surface area contributed by atoms with Gasteiger partial charge in [0.2, 0.25) is 0 Å². The molecule has 9 heteroatoms. The van der Waals surface area contributed by atoms with Crippen molar-refractivity contribution < 1.29 is 24.5 Å². The zero-order valence-corrected chi connectivity index (χ0v) is 19.9. The lowest BCUT2D eigenvalue weighted by atomic mass is 10.2. The van der Waals surface area contributed by atoms with Crippen LogP contribution >= 0.6 is 23.2 Å². The summed E-state index contributed by atoms with van der Waals surface area (Å²) in [6.07, 6.45) is 0.319. The summed E-state index contributed by atoms with van der Waals surface area (Å²) in [4.78, 5) is 24.4. The second kappa shape index (κ2) is 14.1. The third-order valence-electron chi connectivity index (χ3n) is 3.87. The van der Waals surface area contributed by atoms with Crippen LogP contribution in [0.5, 0.6) is 0 Å². The normalized spacial score (nSPS) is 11.7. The van der Waals surface area contributed by atoms with E-state index in [-0.39, 0.29) is 30.0 Å². The fourth-order valence-electron chi connectivity index (χ4n) is 2.53. The van der Waals surface area contributed by atoms with E-state index in [0.29, 0.717) is 35.2 Å². The van der Waals surface area contributed by atoms with E-state index in [1.807, 2.05) is 25.1 Å². The number of hydrogen-bond acceptors (Lipinski definition) is 5. The van der Waals surface area contributed by atoms with Crippen LogP contribution in [0.2, 0.25) is 10.0 Å². The van der Waals surface area contributed by atoms with Gasteiger partial charge in [0.25, 0.3) is 11.8 Å². The number of benzene rings is 2. The lowest BCUT2D eigenvalue weighted by Crippen LogP contribution is -2.36. The summed E-state index contributed by atoms with van der Waals surface area (Å²) >= 11 is 12.1. The second-order valence-electron chi connectivity index (χ2n) is 7.29. The maximum atomic E-state index is 12.4. The molecule has 1 atom stereocenters. The van der Waals surface area contributed by atoms with Crippen LogP contribution in [0.4, 0.5) is 0 Å². The molecule has 2 rings (SSSR count). The highest BCUT2D eigenvalue weighted by atomic mass is 35.5. The minimum absolute atomic E-state index is 0.141. The van der Waals surface area contributed by atoms with E-state index in [1.54, 1.807) is 30.3 Å². The molecule has 176 valence electrons. The van der Waals surface area contributed by atoms with Gasteiger partial charge in [-0.15, -0.1) is 0 Å². The Morgan fingerprint density at radius 1 is 0.969 bits per heavy atom. The molecular weight excluding hydrogens is 455 g/mol. The summed E-state index contributed by atoms with van der Waals surface area (Å²) < 4.78 is 5.64. The molecular formula is C23H30Cl2N2O5. The summed E-state index contributed by atoms with van der Waals surface area (Å²) in [5.41, 5.74) is 0.848. The number of amides is 2. The molecule has 32 heavy (non-hydrogen) atoms. The van der Waals surface area contributed by atoms with E-state index in [4.69, 9.17) is 38.2 Å². The Morgan fingerprint density at radius 3 is 2.06 bits per heavy atom. The Hall–Kier alpha value is -2.16. The molecule has 0 bridgehead atoms.